The third kappa shape index (κ3) is 3.72. The van der Waals surface area contributed by atoms with Gasteiger partial charge in [0.25, 0.3) is 11.5 Å². The molecule has 4 aromatic rings. The maximum atomic E-state index is 13.9. The summed E-state index contributed by atoms with van der Waals surface area (Å²) < 4.78 is 1.79. The molecular formula is C25H24N5O3S+. The summed E-state index contributed by atoms with van der Waals surface area (Å²) in [4.78, 5) is 46.2. The fourth-order valence-corrected chi connectivity index (χ4v) is 5.70. The molecule has 1 aliphatic heterocycles. The van der Waals surface area contributed by atoms with Gasteiger partial charge in [-0.15, -0.1) is 0 Å². The summed E-state index contributed by atoms with van der Waals surface area (Å²) in [5.41, 5.74) is 7.71. The third-order valence-corrected chi connectivity index (χ3v) is 7.27. The Morgan fingerprint density at radius 2 is 1.82 bits per heavy atom. The van der Waals surface area contributed by atoms with Crippen LogP contribution in [0.4, 0.5) is 5.69 Å². The van der Waals surface area contributed by atoms with Crippen molar-refractivity contribution in [2.75, 3.05) is 12.3 Å². The Morgan fingerprint density at radius 3 is 2.62 bits per heavy atom. The van der Waals surface area contributed by atoms with Crippen molar-refractivity contribution < 1.29 is 9.59 Å². The van der Waals surface area contributed by atoms with Gasteiger partial charge in [-0.1, -0.05) is 36.0 Å². The fraction of sp³-hybridized carbons (Fsp3) is 0.200. The van der Waals surface area contributed by atoms with Crippen LogP contribution in [0.5, 0.6) is 0 Å². The van der Waals surface area contributed by atoms with Crippen molar-refractivity contribution >= 4 is 40.2 Å². The van der Waals surface area contributed by atoms with Gasteiger partial charge in [0.05, 0.1) is 17.4 Å². The van der Waals surface area contributed by atoms with E-state index in [1.165, 1.54) is 0 Å². The smallest absolute Gasteiger partial charge is 0.329 e. The predicted octanol–water partition coefficient (Wildman–Crippen LogP) is 2.99. The second-order valence-electron chi connectivity index (χ2n) is 8.30. The van der Waals surface area contributed by atoms with Gasteiger partial charge in [-0.2, -0.15) is 0 Å². The van der Waals surface area contributed by atoms with E-state index in [2.05, 4.69) is 9.97 Å². The summed E-state index contributed by atoms with van der Waals surface area (Å²) in [5, 5.41) is 0.861. The van der Waals surface area contributed by atoms with Crippen LogP contribution < -0.4 is 15.8 Å². The number of hydrogen-bond acceptors (Lipinski definition) is 5. The van der Waals surface area contributed by atoms with Crippen LogP contribution in [-0.2, 0) is 9.59 Å². The first-order chi connectivity index (χ1) is 16.5. The highest BCUT2D eigenvalue weighted by Gasteiger charge is 2.53. The normalized spacial score (nSPS) is 19.9. The van der Waals surface area contributed by atoms with Crippen LogP contribution >= 0.6 is 11.8 Å². The molecule has 1 unspecified atom stereocenters. The molecule has 34 heavy (non-hydrogen) atoms. The molecule has 8 nitrogen and oxygen atoms in total. The zero-order chi connectivity index (χ0) is 23.7. The maximum Gasteiger partial charge on any atom is 0.329 e. The lowest BCUT2D eigenvalue weighted by atomic mass is 10.1. The largest absolute Gasteiger partial charge is 0.364 e. The summed E-state index contributed by atoms with van der Waals surface area (Å²) in [6.07, 6.45) is 5.06. The average Bonchev–Trinajstić information content (AvgIpc) is 3.54. The summed E-state index contributed by atoms with van der Waals surface area (Å²) >= 11 is 1.16. The van der Waals surface area contributed by atoms with Gasteiger partial charge >= 0.3 is 5.91 Å². The number of nitrogens with two attached hydrogens (primary N) is 1. The van der Waals surface area contributed by atoms with E-state index in [-0.39, 0.29) is 21.7 Å². The van der Waals surface area contributed by atoms with Crippen LogP contribution in [0.1, 0.15) is 12.8 Å². The van der Waals surface area contributed by atoms with E-state index >= 15 is 0 Å². The monoisotopic (exact) mass is 474 g/mol. The highest BCUT2D eigenvalue weighted by Crippen LogP contribution is 2.40. The van der Waals surface area contributed by atoms with Crippen molar-refractivity contribution in [3.8, 4) is 5.69 Å². The van der Waals surface area contributed by atoms with Gasteiger partial charge in [-0.3, -0.25) is 9.59 Å². The zero-order valence-corrected chi connectivity index (χ0v) is 19.2. The summed E-state index contributed by atoms with van der Waals surface area (Å²) in [6.45, 7) is 0.479. The van der Waals surface area contributed by atoms with Crippen LogP contribution in [0.2, 0.25) is 0 Å². The number of primary amides is 1. The van der Waals surface area contributed by atoms with E-state index in [9.17, 15) is 14.4 Å². The number of nitrogens with one attached hydrogen (secondary N) is 1. The number of hydrogen-bond donors (Lipinski definition) is 2. The number of thioether (sulfide) groups is 1. The number of benzene rings is 2. The third-order valence-electron chi connectivity index (χ3n) is 6.41. The minimum Gasteiger partial charge on any atom is -0.364 e. The van der Waals surface area contributed by atoms with Gasteiger partial charge in [0.1, 0.15) is 11.4 Å². The molecule has 1 aliphatic rings. The minimum atomic E-state index is -0.659. The number of aromatic amines is 1. The number of carbonyl (C=O) groups excluding carboxylic acids is 2. The first-order valence-corrected chi connectivity index (χ1v) is 12.0. The first-order valence-electron chi connectivity index (χ1n) is 11.1. The second-order valence-corrected chi connectivity index (χ2v) is 9.27. The van der Waals surface area contributed by atoms with Crippen molar-refractivity contribution in [1.29, 1.82) is 0 Å². The first kappa shape index (κ1) is 22.1. The lowest BCUT2D eigenvalue weighted by Crippen LogP contribution is -2.62. The Balaban J connectivity index is 1.54. The van der Waals surface area contributed by atoms with Gasteiger partial charge in [-0.05, 0) is 30.3 Å². The molecule has 1 saturated heterocycles. The molecule has 0 bridgehead atoms. The SMILES string of the molecule is NC(=O)[C@@H]1CCC[N+]1(C(=O)CSc1nc2ccccc2c(=O)[nH]1)c1ccccc1-n1cccc1. The average molecular weight is 475 g/mol. The summed E-state index contributed by atoms with van der Waals surface area (Å²) in [7, 11) is 0. The Labute approximate surface area is 200 Å². The van der Waals surface area contributed by atoms with E-state index < -0.39 is 11.9 Å². The van der Waals surface area contributed by atoms with Crippen LogP contribution in [0, 0.1) is 0 Å². The number of carbonyl (C=O) groups is 2. The molecule has 0 radical (unpaired) electrons. The van der Waals surface area contributed by atoms with E-state index in [0.717, 1.165) is 23.1 Å². The molecule has 0 aliphatic carbocycles. The quantitative estimate of drug-likeness (QED) is 0.254. The van der Waals surface area contributed by atoms with Crippen LogP contribution in [0.25, 0.3) is 16.6 Å². The molecule has 1 fully saturated rings. The molecule has 2 aromatic carbocycles. The van der Waals surface area contributed by atoms with Crippen molar-refractivity contribution in [3.05, 3.63) is 83.4 Å². The van der Waals surface area contributed by atoms with Gasteiger partial charge in [0, 0.05) is 31.3 Å². The number of H-pyrrole nitrogens is 1. The molecule has 9 heteroatoms. The Morgan fingerprint density at radius 1 is 1.09 bits per heavy atom. The fourth-order valence-electron chi connectivity index (χ4n) is 4.88. The molecule has 3 heterocycles. The minimum absolute atomic E-state index is 0.0328. The number of quaternary nitrogens is 1. The van der Waals surface area contributed by atoms with Gasteiger partial charge in [0.2, 0.25) is 0 Å². The van der Waals surface area contributed by atoms with Crippen molar-refractivity contribution in [3.63, 3.8) is 0 Å². The number of likely N-dealkylation sites (tertiary alicyclic amines) is 1. The lowest BCUT2D eigenvalue weighted by molar-refractivity contribution is -0.134. The molecule has 2 aromatic heterocycles. The van der Waals surface area contributed by atoms with E-state index in [1.54, 1.807) is 18.2 Å². The molecule has 172 valence electrons. The number of rotatable bonds is 6. The van der Waals surface area contributed by atoms with Crippen molar-refractivity contribution in [1.82, 2.24) is 19.0 Å². The zero-order valence-electron chi connectivity index (χ0n) is 18.4. The standard InChI is InChI=1S/C25H23N5O3S/c26-23(32)21-12-7-15-30(21,20-11-4-3-10-19(20)29-13-5-6-14-29)22(31)16-34-25-27-18-9-2-1-8-17(18)24(33)28-25/h1-6,8-11,13-14,21H,7,12,15-16H2,(H2-,26,27,28,32,33)/p+1/t21-,30?/m0/s1. The maximum absolute atomic E-state index is 13.9. The van der Waals surface area contributed by atoms with E-state index in [0.29, 0.717) is 35.4 Å². The molecule has 3 N–H and O–H groups in total. The van der Waals surface area contributed by atoms with Crippen molar-refractivity contribution in [2.24, 2.45) is 5.73 Å². The van der Waals surface area contributed by atoms with Crippen molar-refractivity contribution in [2.45, 2.75) is 24.0 Å². The number of fused-ring (bicyclic) bond motifs is 1. The van der Waals surface area contributed by atoms with Crippen LogP contribution in [0.15, 0.2) is 83.0 Å². The van der Waals surface area contributed by atoms with E-state index in [1.807, 2.05) is 59.4 Å². The molecule has 2 amide bonds. The highest BCUT2D eigenvalue weighted by atomic mass is 32.2. The molecule has 0 saturated carbocycles. The predicted molar refractivity (Wildman–Crippen MR) is 133 cm³/mol. The number of nitrogens with zero attached hydrogens (tertiary/aromatic N) is 3. The lowest BCUT2D eigenvalue weighted by Gasteiger charge is -2.36. The Hall–Kier alpha value is -3.69. The van der Waals surface area contributed by atoms with Crippen LogP contribution in [0.3, 0.4) is 0 Å². The van der Waals surface area contributed by atoms with E-state index in [4.69, 9.17) is 5.73 Å². The van der Waals surface area contributed by atoms with Gasteiger partial charge in [0.15, 0.2) is 16.9 Å². The Kier molecular flexibility index (Phi) is 5.80. The molecule has 2 atom stereocenters. The topological polar surface area (TPSA) is 111 Å². The summed E-state index contributed by atoms with van der Waals surface area (Å²) in [5.74, 6) is -0.609. The number of amides is 2. The molecular weight excluding hydrogens is 450 g/mol. The number of para-hydroxylation sites is 3. The number of aromatic nitrogens is 3. The van der Waals surface area contributed by atoms with Crippen LogP contribution in [-0.4, -0.2) is 44.7 Å². The van der Waals surface area contributed by atoms with Gasteiger partial charge in [-0.25, -0.2) is 14.3 Å². The Bertz CT molecular complexity index is 1430. The van der Waals surface area contributed by atoms with Gasteiger partial charge < -0.3 is 15.3 Å². The summed E-state index contributed by atoms with van der Waals surface area (Å²) in [6, 6.07) is 17.9. The second kappa shape index (κ2) is 8.92. The molecule has 0 spiro atoms. The molecule has 5 rings (SSSR count). The highest BCUT2D eigenvalue weighted by molar-refractivity contribution is 7.99.